The van der Waals surface area contributed by atoms with Gasteiger partial charge in [-0.2, -0.15) is 0 Å². The van der Waals surface area contributed by atoms with E-state index in [1.54, 1.807) is 0 Å². The Morgan fingerprint density at radius 1 is 1.04 bits per heavy atom. The molecule has 3 aliphatic rings. The minimum Gasteiger partial charge on any atom is -0.341 e. The highest BCUT2D eigenvalue weighted by atomic mass is 15.3. The number of likely N-dealkylation sites (tertiary alicyclic amines) is 1. The summed E-state index contributed by atoms with van der Waals surface area (Å²) < 4.78 is 0. The average molecular weight is 315 g/mol. The van der Waals surface area contributed by atoms with Crippen molar-refractivity contribution in [1.82, 2.24) is 20.2 Å². The van der Waals surface area contributed by atoms with Gasteiger partial charge < -0.3 is 10.2 Å². The fourth-order valence-corrected chi connectivity index (χ4v) is 4.66. The van der Waals surface area contributed by atoms with Gasteiger partial charge in [-0.05, 0) is 58.1 Å². The first-order valence-corrected chi connectivity index (χ1v) is 9.24. The maximum atomic E-state index is 4.63. The van der Waals surface area contributed by atoms with Crippen LogP contribution in [0.2, 0.25) is 0 Å². The molecule has 0 spiro atoms. The van der Waals surface area contributed by atoms with Crippen molar-refractivity contribution in [3.8, 4) is 0 Å². The lowest BCUT2D eigenvalue weighted by Gasteiger charge is -2.37. The van der Waals surface area contributed by atoms with Crippen LogP contribution in [0, 0.1) is 19.8 Å². The van der Waals surface area contributed by atoms with E-state index in [0.29, 0.717) is 0 Å². The first-order valence-electron chi connectivity index (χ1n) is 9.24. The number of nitrogens with one attached hydrogen (secondary N) is 1. The van der Waals surface area contributed by atoms with E-state index in [0.717, 1.165) is 48.4 Å². The molecule has 3 saturated heterocycles. The molecule has 2 atom stereocenters. The monoisotopic (exact) mass is 315 g/mol. The van der Waals surface area contributed by atoms with Crippen molar-refractivity contribution in [1.29, 1.82) is 0 Å². The third kappa shape index (κ3) is 3.22. The second-order valence-corrected chi connectivity index (χ2v) is 7.59. The molecule has 23 heavy (non-hydrogen) atoms. The van der Waals surface area contributed by atoms with Crippen LogP contribution in [0.15, 0.2) is 6.07 Å². The molecule has 0 radical (unpaired) electrons. The molecule has 0 unspecified atom stereocenters. The molecule has 5 heteroatoms. The third-order valence-corrected chi connectivity index (χ3v) is 5.86. The minimum atomic E-state index is 0.754. The zero-order valence-corrected chi connectivity index (χ0v) is 14.5. The normalized spacial score (nSPS) is 29.7. The average Bonchev–Trinajstić information content (AvgIpc) is 2.98. The van der Waals surface area contributed by atoms with Crippen molar-refractivity contribution in [3.05, 3.63) is 17.5 Å². The van der Waals surface area contributed by atoms with Crippen LogP contribution in [0.25, 0.3) is 0 Å². The summed E-state index contributed by atoms with van der Waals surface area (Å²) in [6.07, 6.45) is 5.27. The number of piperidine rings is 2. The van der Waals surface area contributed by atoms with E-state index in [2.05, 4.69) is 45.0 Å². The van der Waals surface area contributed by atoms with Crippen LogP contribution < -0.4 is 10.2 Å². The standard InChI is InChI=1S/C18H29N5/c1-13-10-14(2)21-18(20-13)22-8-5-16(6-9-22)23-11-15-4-3-7-19-17(15)12-23/h10,15-17,19H,3-9,11-12H2,1-2H3/t15-,17+/m0/s1. The van der Waals surface area contributed by atoms with Crippen molar-refractivity contribution in [3.63, 3.8) is 0 Å². The molecular weight excluding hydrogens is 286 g/mol. The lowest BCUT2D eigenvalue weighted by Crippen LogP contribution is -2.45. The first-order chi connectivity index (χ1) is 11.2. The molecule has 4 rings (SSSR count). The highest BCUT2D eigenvalue weighted by Gasteiger charge is 2.38. The first kappa shape index (κ1) is 15.3. The van der Waals surface area contributed by atoms with Crippen molar-refractivity contribution >= 4 is 5.95 Å². The second kappa shape index (κ2) is 6.36. The van der Waals surface area contributed by atoms with Gasteiger partial charge >= 0.3 is 0 Å². The van der Waals surface area contributed by atoms with E-state index in [1.807, 2.05) is 0 Å². The SMILES string of the molecule is Cc1cc(C)nc(N2CCC(N3C[C@@H]4CCCN[C@@H]4C3)CC2)n1. The summed E-state index contributed by atoms with van der Waals surface area (Å²) in [4.78, 5) is 14.4. The Bertz CT molecular complexity index is 518. The summed E-state index contributed by atoms with van der Waals surface area (Å²) in [7, 11) is 0. The van der Waals surface area contributed by atoms with E-state index < -0.39 is 0 Å². The van der Waals surface area contributed by atoms with Gasteiger partial charge in [0.2, 0.25) is 5.95 Å². The van der Waals surface area contributed by atoms with Gasteiger partial charge in [-0.15, -0.1) is 0 Å². The van der Waals surface area contributed by atoms with Crippen molar-refractivity contribution < 1.29 is 0 Å². The molecule has 0 aromatic carbocycles. The summed E-state index contributed by atoms with van der Waals surface area (Å²) in [5.41, 5.74) is 2.15. The molecule has 0 saturated carbocycles. The van der Waals surface area contributed by atoms with Crippen molar-refractivity contribution in [2.45, 2.75) is 51.6 Å². The molecule has 5 nitrogen and oxygen atoms in total. The fourth-order valence-electron chi connectivity index (χ4n) is 4.66. The number of hydrogen-bond donors (Lipinski definition) is 1. The summed E-state index contributed by atoms with van der Waals surface area (Å²) in [6.45, 7) is 10.1. The number of hydrogen-bond acceptors (Lipinski definition) is 5. The quantitative estimate of drug-likeness (QED) is 0.901. The summed E-state index contributed by atoms with van der Waals surface area (Å²) in [5.74, 6) is 1.82. The van der Waals surface area contributed by atoms with Crippen LogP contribution in [0.3, 0.4) is 0 Å². The molecule has 1 aromatic rings. The van der Waals surface area contributed by atoms with Gasteiger partial charge in [0.15, 0.2) is 0 Å². The van der Waals surface area contributed by atoms with Crippen LogP contribution in [0.4, 0.5) is 5.95 Å². The van der Waals surface area contributed by atoms with Gasteiger partial charge in [0.1, 0.15) is 0 Å². The Hall–Kier alpha value is -1.20. The second-order valence-electron chi connectivity index (χ2n) is 7.59. The highest BCUT2D eigenvalue weighted by Crippen LogP contribution is 2.29. The van der Waals surface area contributed by atoms with Gasteiger partial charge in [-0.1, -0.05) is 0 Å². The van der Waals surface area contributed by atoms with Gasteiger partial charge in [0.05, 0.1) is 0 Å². The fraction of sp³-hybridized carbons (Fsp3) is 0.778. The van der Waals surface area contributed by atoms with Crippen LogP contribution in [-0.2, 0) is 0 Å². The van der Waals surface area contributed by atoms with E-state index in [4.69, 9.17) is 0 Å². The van der Waals surface area contributed by atoms with E-state index in [-0.39, 0.29) is 0 Å². The van der Waals surface area contributed by atoms with E-state index in [1.165, 1.54) is 45.3 Å². The molecule has 0 bridgehead atoms. The van der Waals surface area contributed by atoms with Crippen LogP contribution in [0.5, 0.6) is 0 Å². The molecule has 4 heterocycles. The molecular formula is C18H29N5. The Kier molecular flexibility index (Phi) is 4.24. The molecule has 1 aromatic heterocycles. The maximum Gasteiger partial charge on any atom is 0.225 e. The predicted molar refractivity (Wildman–Crippen MR) is 92.8 cm³/mol. The Balaban J connectivity index is 1.36. The topological polar surface area (TPSA) is 44.3 Å². The zero-order valence-electron chi connectivity index (χ0n) is 14.5. The minimum absolute atomic E-state index is 0.754. The van der Waals surface area contributed by atoms with Gasteiger partial charge in [0.25, 0.3) is 0 Å². The number of aromatic nitrogens is 2. The Labute approximate surface area is 139 Å². The van der Waals surface area contributed by atoms with Crippen molar-refractivity contribution in [2.75, 3.05) is 37.6 Å². The number of anilines is 1. The van der Waals surface area contributed by atoms with E-state index >= 15 is 0 Å². The summed E-state index contributed by atoms with van der Waals surface area (Å²) >= 11 is 0. The molecule has 0 aliphatic carbocycles. The lowest BCUT2D eigenvalue weighted by atomic mass is 9.94. The largest absolute Gasteiger partial charge is 0.341 e. The summed E-state index contributed by atoms with van der Waals surface area (Å²) in [5, 5.41) is 3.73. The Morgan fingerprint density at radius 3 is 2.48 bits per heavy atom. The van der Waals surface area contributed by atoms with Crippen LogP contribution >= 0.6 is 0 Å². The lowest BCUT2D eigenvalue weighted by molar-refractivity contribution is 0.199. The highest BCUT2D eigenvalue weighted by molar-refractivity contribution is 5.32. The molecule has 126 valence electrons. The Morgan fingerprint density at radius 2 is 1.78 bits per heavy atom. The molecule has 3 fully saturated rings. The van der Waals surface area contributed by atoms with Gasteiger partial charge in [0, 0.05) is 49.7 Å². The number of rotatable bonds is 2. The van der Waals surface area contributed by atoms with Gasteiger partial charge in [-0.25, -0.2) is 9.97 Å². The molecule has 0 amide bonds. The number of fused-ring (bicyclic) bond motifs is 1. The zero-order chi connectivity index (χ0) is 15.8. The smallest absolute Gasteiger partial charge is 0.225 e. The molecule has 3 aliphatic heterocycles. The maximum absolute atomic E-state index is 4.63. The third-order valence-electron chi connectivity index (χ3n) is 5.86. The van der Waals surface area contributed by atoms with Crippen molar-refractivity contribution in [2.24, 2.45) is 5.92 Å². The molecule has 1 N–H and O–H groups in total. The number of aryl methyl sites for hydroxylation is 2. The predicted octanol–water partition coefficient (Wildman–Crippen LogP) is 1.75. The van der Waals surface area contributed by atoms with Crippen LogP contribution in [-0.4, -0.2) is 59.7 Å². The van der Waals surface area contributed by atoms with Crippen LogP contribution in [0.1, 0.15) is 37.1 Å². The van der Waals surface area contributed by atoms with Gasteiger partial charge in [-0.3, -0.25) is 4.90 Å². The van der Waals surface area contributed by atoms with E-state index in [9.17, 15) is 0 Å². The summed E-state index contributed by atoms with van der Waals surface area (Å²) in [6, 6.07) is 3.56. The number of nitrogens with zero attached hydrogens (tertiary/aromatic N) is 4.